The molecular weight excluding hydrogens is 352 g/mol. The monoisotopic (exact) mass is 394 g/mol. The van der Waals surface area contributed by atoms with Crippen molar-refractivity contribution in [3.8, 4) is 11.5 Å². The average Bonchev–Trinajstić information content (AvgIpc) is 2.68. The highest BCUT2D eigenvalue weighted by Gasteiger charge is 2.38. The van der Waals surface area contributed by atoms with Crippen molar-refractivity contribution in [1.82, 2.24) is 0 Å². The number of ether oxygens (including phenoxy) is 1. The summed E-state index contributed by atoms with van der Waals surface area (Å²) in [4.78, 5) is 0. The Morgan fingerprint density at radius 1 is 0.586 bits per heavy atom. The molecule has 0 saturated heterocycles. The maximum absolute atomic E-state index is 6.34. The highest BCUT2D eigenvalue weighted by Crippen LogP contribution is 2.46. The van der Waals surface area contributed by atoms with E-state index < -0.39 is 0 Å². The van der Waals surface area contributed by atoms with Gasteiger partial charge in [-0.2, -0.15) is 0 Å². The predicted octanol–water partition coefficient (Wildman–Crippen LogP) is 8.91. The van der Waals surface area contributed by atoms with Crippen molar-refractivity contribution in [1.29, 1.82) is 0 Å². The van der Waals surface area contributed by atoms with Crippen molar-refractivity contribution in [2.75, 3.05) is 0 Å². The molecule has 0 heterocycles. The smallest absolute Gasteiger partial charge is 0.127 e. The molecule has 0 unspecified atom stereocenters. The Kier molecular flexibility index (Phi) is 6.62. The van der Waals surface area contributed by atoms with Crippen molar-refractivity contribution in [2.24, 2.45) is 10.8 Å². The van der Waals surface area contributed by atoms with Crippen LogP contribution >= 0.6 is 0 Å². The molecule has 0 aliphatic carbocycles. The molecule has 0 atom stereocenters. The van der Waals surface area contributed by atoms with Crippen LogP contribution in [0.25, 0.3) is 0 Å². The molecule has 0 amide bonds. The van der Waals surface area contributed by atoms with Gasteiger partial charge in [0.1, 0.15) is 11.5 Å². The van der Waals surface area contributed by atoms with Crippen LogP contribution in [-0.2, 0) is 10.8 Å². The van der Waals surface area contributed by atoms with E-state index >= 15 is 0 Å². The van der Waals surface area contributed by atoms with Gasteiger partial charge in [-0.15, -0.1) is 0 Å². The maximum Gasteiger partial charge on any atom is 0.127 e. The molecule has 1 nitrogen and oxygen atoms in total. The van der Waals surface area contributed by atoms with E-state index in [1.807, 2.05) is 0 Å². The van der Waals surface area contributed by atoms with Gasteiger partial charge in [0.25, 0.3) is 0 Å². The van der Waals surface area contributed by atoms with Crippen LogP contribution < -0.4 is 4.74 Å². The Labute approximate surface area is 179 Å². The van der Waals surface area contributed by atoms with Crippen molar-refractivity contribution in [2.45, 2.75) is 92.9 Å². The molecule has 1 heteroatoms. The summed E-state index contributed by atoms with van der Waals surface area (Å²) in [5, 5.41) is 0. The largest absolute Gasteiger partial charge is 0.457 e. The second kappa shape index (κ2) is 8.17. The number of rotatable bonds is 8. The van der Waals surface area contributed by atoms with E-state index in [4.69, 9.17) is 4.74 Å². The highest BCUT2D eigenvalue weighted by molar-refractivity contribution is 5.40. The first-order valence-corrected chi connectivity index (χ1v) is 11.2. The lowest BCUT2D eigenvalue weighted by molar-refractivity contribution is 0.188. The van der Waals surface area contributed by atoms with E-state index in [1.54, 1.807) is 0 Å². The summed E-state index contributed by atoms with van der Waals surface area (Å²) in [6.07, 6.45) is 2.27. The summed E-state index contributed by atoms with van der Waals surface area (Å²) in [6, 6.07) is 17.2. The third-order valence-corrected chi connectivity index (χ3v) is 8.50. The number of hydrogen-bond acceptors (Lipinski definition) is 1. The fourth-order valence-electron chi connectivity index (χ4n) is 3.70. The van der Waals surface area contributed by atoms with Gasteiger partial charge < -0.3 is 4.74 Å². The number of benzene rings is 2. The van der Waals surface area contributed by atoms with Crippen molar-refractivity contribution in [3.05, 3.63) is 59.7 Å². The molecule has 0 saturated carbocycles. The molecule has 0 spiro atoms. The van der Waals surface area contributed by atoms with Gasteiger partial charge in [0.2, 0.25) is 0 Å². The Bertz CT molecular complexity index is 754. The topological polar surface area (TPSA) is 9.23 Å². The van der Waals surface area contributed by atoms with Crippen LogP contribution in [0.2, 0.25) is 0 Å². The van der Waals surface area contributed by atoms with Gasteiger partial charge >= 0.3 is 0 Å². The summed E-state index contributed by atoms with van der Waals surface area (Å²) in [7, 11) is 0. The van der Waals surface area contributed by atoms with Crippen LogP contribution in [0, 0.1) is 10.8 Å². The highest BCUT2D eigenvalue weighted by atomic mass is 16.5. The van der Waals surface area contributed by atoms with Crippen LogP contribution in [0.3, 0.4) is 0 Å². The Morgan fingerprint density at radius 3 is 1.24 bits per heavy atom. The zero-order chi connectivity index (χ0) is 22.1. The molecule has 0 fully saturated rings. The molecule has 2 aromatic rings. The predicted molar refractivity (Wildman–Crippen MR) is 127 cm³/mol. The molecule has 0 aliphatic rings. The second-order valence-electron chi connectivity index (χ2n) is 10.9. The van der Waals surface area contributed by atoms with Crippen LogP contribution in [0.4, 0.5) is 0 Å². The molecule has 0 N–H and O–H groups in total. The minimum atomic E-state index is 0.0656. The molecule has 160 valence electrons. The lowest BCUT2D eigenvalue weighted by Crippen LogP contribution is -2.36. The third-order valence-electron chi connectivity index (χ3n) is 8.50. The quantitative estimate of drug-likeness (QED) is 0.434. The van der Waals surface area contributed by atoms with E-state index in [0.717, 1.165) is 24.3 Å². The van der Waals surface area contributed by atoms with E-state index in [2.05, 4.69) is 118 Å². The summed E-state index contributed by atoms with van der Waals surface area (Å²) in [6.45, 7) is 23.3. The van der Waals surface area contributed by atoms with Gasteiger partial charge in [0, 0.05) is 0 Å². The SMILES string of the molecule is CCC(C)(C)C(C)(C)c1cccc(Oc2cccc(C(C)(C)C(C)(C)CC)c2)c1. The molecular formula is C28H42O. The molecule has 2 rings (SSSR count). The van der Waals surface area contributed by atoms with Gasteiger partial charge in [-0.25, -0.2) is 0 Å². The molecule has 2 aromatic carbocycles. The van der Waals surface area contributed by atoms with E-state index in [9.17, 15) is 0 Å². The minimum Gasteiger partial charge on any atom is -0.457 e. The molecule has 0 radical (unpaired) electrons. The van der Waals surface area contributed by atoms with Crippen LogP contribution in [-0.4, -0.2) is 0 Å². The average molecular weight is 395 g/mol. The molecule has 29 heavy (non-hydrogen) atoms. The second-order valence-corrected chi connectivity index (χ2v) is 10.9. The lowest BCUT2D eigenvalue weighted by Gasteiger charge is -2.42. The van der Waals surface area contributed by atoms with Crippen LogP contribution in [0.1, 0.15) is 93.2 Å². The minimum absolute atomic E-state index is 0.0656. The zero-order valence-corrected chi connectivity index (χ0v) is 20.4. The first-order valence-electron chi connectivity index (χ1n) is 11.2. The molecule has 0 bridgehead atoms. The standard InChI is InChI=1S/C28H42O/c1-11-25(3,4)27(7,8)21-15-13-17-23(19-21)29-24-18-14-16-22(20-24)28(9,10)26(5,6)12-2/h13-20H,11-12H2,1-10H3. The summed E-state index contributed by atoms with van der Waals surface area (Å²) in [5.74, 6) is 1.82. The van der Waals surface area contributed by atoms with Crippen molar-refractivity contribution in [3.63, 3.8) is 0 Å². The van der Waals surface area contributed by atoms with Crippen LogP contribution in [0.15, 0.2) is 48.5 Å². The van der Waals surface area contributed by atoms with Gasteiger partial charge in [-0.3, -0.25) is 0 Å². The summed E-state index contributed by atoms with van der Waals surface area (Å²) >= 11 is 0. The van der Waals surface area contributed by atoms with Crippen LogP contribution in [0.5, 0.6) is 11.5 Å². The van der Waals surface area contributed by atoms with Gasteiger partial charge in [0.15, 0.2) is 0 Å². The first-order chi connectivity index (χ1) is 13.3. The van der Waals surface area contributed by atoms with Gasteiger partial charge in [-0.1, -0.05) is 106 Å². The van der Waals surface area contributed by atoms with Crippen molar-refractivity contribution >= 4 is 0 Å². The number of hydrogen-bond donors (Lipinski definition) is 0. The van der Waals surface area contributed by atoms with E-state index in [1.165, 1.54) is 11.1 Å². The maximum atomic E-state index is 6.34. The van der Waals surface area contributed by atoms with E-state index in [-0.39, 0.29) is 21.7 Å². The lowest BCUT2D eigenvalue weighted by atomic mass is 9.63. The van der Waals surface area contributed by atoms with E-state index in [0.29, 0.717) is 0 Å². The molecule has 0 aliphatic heterocycles. The Balaban J connectivity index is 2.35. The first kappa shape index (κ1) is 23.5. The fourth-order valence-corrected chi connectivity index (χ4v) is 3.70. The van der Waals surface area contributed by atoms with Gasteiger partial charge in [0.05, 0.1) is 0 Å². The fraction of sp³-hybridized carbons (Fsp3) is 0.571. The zero-order valence-electron chi connectivity index (χ0n) is 20.4. The van der Waals surface area contributed by atoms with Gasteiger partial charge in [-0.05, 0) is 57.1 Å². The molecule has 0 aromatic heterocycles. The summed E-state index contributed by atoms with van der Waals surface area (Å²) < 4.78 is 6.34. The Morgan fingerprint density at radius 2 is 0.931 bits per heavy atom. The third kappa shape index (κ3) is 4.55. The summed E-state index contributed by atoms with van der Waals surface area (Å²) in [5.41, 5.74) is 3.20. The Hall–Kier alpha value is -1.76. The van der Waals surface area contributed by atoms with Crippen molar-refractivity contribution < 1.29 is 4.74 Å². The normalized spacial score (nSPS) is 13.4.